The summed E-state index contributed by atoms with van der Waals surface area (Å²) in [5.74, 6) is 0.168. The van der Waals surface area contributed by atoms with E-state index >= 15 is 0 Å². The Labute approximate surface area is 71.8 Å². The molecular weight excluding hydrogens is 150 g/mol. The lowest BCUT2D eigenvalue weighted by Gasteiger charge is -2.30. The van der Waals surface area contributed by atoms with Crippen molar-refractivity contribution in [3.8, 4) is 0 Å². The second-order valence-electron chi connectivity index (χ2n) is 3.01. The van der Waals surface area contributed by atoms with Crippen LogP contribution in [0.5, 0.6) is 0 Å². The molecule has 0 unspecified atom stereocenters. The van der Waals surface area contributed by atoms with Gasteiger partial charge in [-0.05, 0) is 18.6 Å². The predicted molar refractivity (Wildman–Crippen MR) is 47.0 cm³/mol. The van der Waals surface area contributed by atoms with E-state index in [2.05, 4.69) is 0 Å². The fourth-order valence-electron chi connectivity index (χ4n) is 1.28. The van der Waals surface area contributed by atoms with Crippen LogP contribution in [0.3, 0.4) is 0 Å². The number of hydrogen-bond acceptors (Lipinski definition) is 1. The molecule has 62 valence electrons. The third kappa shape index (κ3) is 1.20. The van der Waals surface area contributed by atoms with E-state index in [4.69, 9.17) is 0 Å². The molecule has 2 rings (SSSR count). The first-order valence-electron chi connectivity index (χ1n) is 4.22. The summed E-state index contributed by atoms with van der Waals surface area (Å²) < 4.78 is 0. The molecule has 0 N–H and O–H groups in total. The highest BCUT2D eigenvalue weighted by molar-refractivity contribution is 5.94. The Kier molecular flexibility index (Phi) is 1.82. The summed E-state index contributed by atoms with van der Waals surface area (Å²) in [6.07, 6.45) is 1.15. The van der Waals surface area contributed by atoms with Crippen LogP contribution < -0.4 is 0 Å². The van der Waals surface area contributed by atoms with E-state index in [1.807, 2.05) is 35.2 Å². The van der Waals surface area contributed by atoms with Gasteiger partial charge >= 0.3 is 0 Å². The number of benzene rings is 1. The average molecular weight is 161 g/mol. The first-order valence-corrected chi connectivity index (χ1v) is 4.22. The highest BCUT2D eigenvalue weighted by Crippen LogP contribution is 2.11. The lowest BCUT2D eigenvalue weighted by molar-refractivity contribution is 0.0652. The molecule has 1 aliphatic rings. The molecule has 1 saturated heterocycles. The van der Waals surface area contributed by atoms with E-state index in [9.17, 15) is 4.79 Å². The Balaban J connectivity index is 2.14. The third-order valence-corrected chi connectivity index (χ3v) is 2.16. The van der Waals surface area contributed by atoms with Gasteiger partial charge in [0.25, 0.3) is 5.91 Å². The van der Waals surface area contributed by atoms with E-state index in [0.29, 0.717) is 0 Å². The van der Waals surface area contributed by atoms with Crippen molar-refractivity contribution in [1.82, 2.24) is 4.90 Å². The number of rotatable bonds is 1. The highest BCUT2D eigenvalue weighted by atomic mass is 16.2. The minimum atomic E-state index is 0.168. The van der Waals surface area contributed by atoms with Gasteiger partial charge in [0.15, 0.2) is 0 Å². The quantitative estimate of drug-likeness (QED) is 0.611. The zero-order chi connectivity index (χ0) is 8.39. The minimum Gasteiger partial charge on any atom is -0.339 e. The Morgan fingerprint density at radius 2 is 1.83 bits per heavy atom. The van der Waals surface area contributed by atoms with E-state index in [-0.39, 0.29) is 5.91 Å². The van der Waals surface area contributed by atoms with Gasteiger partial charge in [-0.15, -0.1) is 0 Å². The number of carbonyl (C=O) groups is 1. The molecule has 2 nitrogen and oxygen atoms in total. The number of carbonyl (C=O) groups excluding carboxylic acids is 1. The molecule has 1 amide bonds. The van der Waals surface area contributed by atoms with Crippen molar-refractivity contribution < 1.29 is 4.79 Å². The lowest BCUT2D eigenvalue weighted by Crippen LogP contribution is -2.41. The largest absolute Gasteiger partial charge is 0.339 e. The smallest absolute Gasteiger partial charge is 0.253 e. The van der Waals surface area contributed by atoms with Gasteiger partial charge in [-0.2, -0.15) is 0 Å². The van der Waals surface area contributed by atoms with Gasteiger partial charge in [-0.25, -0.2) is 0 Å². The molecule has 0 atom stereocenters. The van der Waals surface area contributed by atoms with E-state index in [1.165, 1.54) is 0 Å². The second-order valence-corrected chi connectivity index (χ2v) is 3.01. The Morgan fingerprint density at radius 1 is 1.17 bits per heavy atom. The predicted octanol–water partition coefficient (Wildman–Crippen LogP) is 1.53. The number of likely N-dealkylation sites (tertiary alicyclic amines) is 1. The SMILES string of the molecule is O=C(c1ccccc1)N1CCC1. The molecule has 0 spiro atoms. The number of hydrogen-bond donors (Lipinski definition) is 0. The maximum atomic E-state index is 11.6. The van der Waals surface area contributed by atoms with Crippen LogP contribution in [-0.4, -0.2) is 23.9 Å². The van der Waals surface area contributed by atoms with Crippen molar-refractivity contribution in [2.24, 2.45) is 0 Å². The highest BCUT2D eigenvalue weighted by Gasteiger charge is 2.20. The van der Waals surface area contributed by atoms with Crippen molar-refractivity contribution >= 4 is 5.91 Å². The van der Waals surface area contributed by atoms with Gasteiger partial charge in [0, 0.05) is 18.7 Å². The van der Waals surface area contributed by atoms with Crippen molar-refractivity contribution in [3.05, 3.63) is 35.9 Å². The zero-order valence-electron chi connectivity index (χ0n) is 6.86. The molecule has 0 aromatic heterocycles. The molecule has 1 heterocycles. The molecule has 1 aromatic rings. The van der Waals surface area contributed by atoms with Crippen molar-refractivity contribution in [2.45, 2.75) is 6.42 Å². The van der Waals surface area contributed by atoms with E-state index in [0.717, 1.165) is 25.1 Å². The lowest BCUT2D eigenvalue weighted by atomic mass is 10.1. The Morgan fingerprint density at radius 3 is 2.33 bits per heavy atom. The van der Waals surface area contributed by atoms with Gasteiger partial charge in [0.1, 0.15) is 0 Å². The number of amides is 1. The average Bonchev–Trinajstić information content (AvgIpc) is 2.03. The summed E-state index contributed by atoms with van der Waals surface area (Å²) in [5, 5.41) is 0. The van der Waals surface area contributed by atoms with Crippen molar-refractivity contribution in [1.29, 1.82) is 0 Å². The molecule has 0 radical (unpaired) electrons. The summed E-state index contributed by atoms with van der Waals surface area (Å²) in [5.41, 5.74) is 0.803. The Hall–Kier alpha value is -1.31. The molecule has 0 aliphatic carbocycles. The summed E-state index contributed by atoms with van der Waals surface area (Å²) >= 11 is 0. The van der Waals surface area contributed by atoms with Crippen LogP contribution in [0.4, 0.5) is 0 Å². The first-order chi connectivity index (χ1) is 5.88. The fraction of sp³-hybridized carbons (Fsp3) is 0.300. The maximum Gasteiger partial charge on any atom is 0.253 e. The summed E-state index contributed by atoms with van der Waals surface area (Å²) in [4.78, 5) is 13.4. The normalized spacial score (nSPS) is 15.5. The van der Waals surface area contributed by atoms with E-state index in [1.54, 1.807) is 0 Å². The van der Waals surface area contributed by atoms with Gasteiger partial charge in [0.2, 0.25) is 0 Å². The summed E-state index contributed by atoms with van der Waals surface area (Å²) in [7, 11) is 0. The van der Waals surface area contributed by atoms with Crippen LogP contribution in [0.1, 0.15) is 16.8 Å². The van der Waals surface area contributed by atoms with Gasteiger partial charge in [0.05, 0.1) is 0 Å². The van der Waals surface area contributed by atoms with Gasteiger partial charge in [-0.1, -0.05) is 18.2 Å². The summed E-state index contributed by atoms with van der Waals surface area (Å²) in [6, 6.07) is 9.44. The van der Waals surface area contributed by atoms with Gasteiger partial charge < -0.3 is 4.90 Å². The number of nitrogens with zero attached hydrogens (tertiary/aromatic N) is 1. The molecule has 12 heavy (non-hydrogen) atoms. The van der Waals surface area contributed by atoms with Crippen LogP contribution in [0, 0.1) is 0 Å². The fourth-order valence-corrected chi connectivity index (χ4v) is 1.28. The topological polar surface area (TPSA) is 20.3 Å². The molecule has 1 aromatic carbocycles. The van der Waals surface area contributed by atoms with Crippen molar-refractivity contribution in [2.75, 3.05) is 13.1 Å². The molecule has 1 fully saturated rings. The van der Waals surface area contributed by atoms with Crippen LogP contribution in [-0.2, 0) is 0 Å². The molecule has 0 bridgehead atoms. The second kappa shape index (κ2) is 2.97. The van der Waals surface area contributed by atoms with Crippen molar-refractivity contribution in [3.63, 3.8) is 0 Å². The maximum absolute atomic E-state index is 11.6. The van der Waals surface area contributed by atoms with Crippen LogP contribution in [0.2, 0.25) is 0 Å². The molecular formula is C10H11NO. The summed E-state index contributed by atoms with van der Waals surface area (Å²) in [6.45, 7) is 1.85. The molecule has 0 saturated carbocycles. The van der Waals surface area contributed by atoms with Crippen LogP contribution in [0.15, 0.2) is 30.3 Å². The molecule has 2 heteroatoms. The van der Waals surface area contributed by atoms with Gasteiger partial charge in [-0.3, -0.25) is 4.79 Å². The third-order valence-electron chi connectivity index (χ3n) is 2.16. The Bertz CT molecular complexity index is 277. The van der Waals surface area contributed by atoms with E-state index < -0.39 is 0 Å². The minimum absolute atomic E-state index is 0.168. The van der Waals surface area contributed by atoms with Crippen LogP contribution >= 0.6 is 0 Å². The standard InChI is InChI=1S/C10H11NO/c12-10(11-7-4-8-11)9-5-2-1-3-6-9/h1-3,5-6H,4,7-8H2. The monoisotopic (exact) mass is 161 g/mol. The molecule has 1 aliphatic heterocycles. The van der Waals surface area contributed by atoms with Crippen LogP contribution in [0.25, 0.3) is 0 Å². The first kappa shape index (κ1) is 7.35. The zero-order valence-corrected chi connectivity index (χ0v) is 6.86.